The molecule has 3 unspecified atom stereocenters. The number of rotatable bonds is 7. The zero-order valence-corrected chi connectivity index (χ0v) is 25.5. The van der Waals surface area contributed by atoms with E-state index in [0.717, 1.165) is 30.7 Å². The molecule has 0 aromatic heterocycles. The molecule has 4 fully saturated rings. The molecule has 1 amide bonds. The third kappa shape index (κ3) is 7.97. The highest BCUT2D eigenvalue weighted by molar-refractivity contribution is 8.00. The Morgan fingerprint density at radius 3 is 2.26 bits per heavy atom. The van der Waals surface area contributed by atoms with E-state index in [2.05, 4.69) is 41.0 Å². The van der Waals surface area contributed by atoms with Gasteiger partial charge in [0.25, 0.3) is 5.91 Å². The number of ether oxygens (including phenoxy) is 1. The fourth-order valence-corrected chi connectivity index (χ4v) is 9.76. The Kier molecular flexibility index (Phi) is 11.0. The fraction of sp³-hybridized carbons (Fsp3) is 0.794. The highest BCUT2D eigenvalue weighted by atomic mass is 32.2. The van der Waals surface area contributed by atoms with E-state index in [9.17, 15) is 4.79 Å². The third-order valence-electron chi connectivity index (χ3n) is 10.5. The summed E-state index contributed by atoms with van der Waals surface area (Å²) in [6, 6.07) is 8.12. The number of hydrogen-bond donors (Lipinski definition) is 1. The fourth-order valence-electron chi connectivity index (χ4n) is 8.19. The van der Waals surface area contributed by atoms with Gasteiger partial charge in [-0.15, -0.1) is 0 Å². The zero-order chi connectivity index (χ0) is 26.9. The minimum Gasteiger partial charge on any atom is -0.484 e. The van der Waals surface area contributed by atoms with Gasteiger partial charge in [-0.05, 0) is 75.3 Å². The van der Waals surface area contributed by atoms with Gasteiger partial charge in [0.2, 0.25) is 0 Å². The van der Waals surface area contributed by atoms with Crippen LogP contribution in [0.1, 0.15) is 115 Å². The molecule has 1 N–H and O–H groups in total. The van der Waals surface area contributed by atoms with Crippen molar-refractivity contribution in [1.82, 2.24) is 10.2 Å². The highest BCUT2D eigenvalue weighted by Gasteiger charge is 2.46. The Bertz CT molecular complexity index is 874. The van der Waals surface area contributed by atoms with Gasteiger partial charge in [-0.2, -0.15) is 11.8 Å². The Morgan fingerprint density at radius 1 is 0.897 bits per heavy atom. The standard InChI is InChI=1S/C34H54N2O2S/c1-27-15-17-30(18-16-27)38-25-32(37)36(33-34(21-12-22-35-33)19-10-6-3-7-11-20-34)24-31-23-29(26-39-31)28-13-8-4-2-5-9-14-28/h15-18,28-29,31,33,35H,2-14,19-26H2,1H3. The number of nitrogens with zero attached hydrogens (tertiary/aromatic N) is 1. The van der Waals surface area contributed by atoms with Crippen molar-refractivity contribution in [3.8, 4) is 5.75 Å². The normalized spacial score (nSPS) is 28.7. The van der Waals surface area contributed by atoms with Crippen LogP contribution in [0, 0.1) is 24.2 Å². The molecule has 1 aromatic carbocycles. The molecule has 2 aliphatic heterocycles. The van der Waals surface area contributed by atoms with Gasteiger partial charge >= 0.3 is 0 Å². The van der Waals surface area contributed by atoms with Crippen molar-refractivity contribution < 1.29 is 9.53 Å². The third-order valence-corrected chi connectivity index (χ3v) is 11.9. The first-order valence-corrected chi connectivity index (χ1v) is 17.5. The monoisotopic (exact) mass is 554 g/mol. The average molecular weight is 555 g/mol. The molecule has 2 heterocycles. The van der Waals surface area contributed by atoms with Crippen molar-refractivity contribution in [2.45, 2.75) is 127 Å². The summed E-state index contributed by atoms with van der Waals surface area (Å²) in [5, 5.41) is 4.47. The van der Waals surface area contributed by atoms with Gasteiger partial charge in [0.15, 0.2) is 6.61 Å². The summed E-state index contributed by atoms with van der Waals surface area (Å²) in [6.07, 6.45) is 23.1. The number of hydrogen-bond acceptors (Lipinski definition) is 4. The van der Waals surface area contributed by atoms with Crippen molar-refractivity contribution in [3.05, 3.63) is 29.8 Å². The number of aryl methyl sites for hydroxylation is 1. The number of amides is 1. The quantitative estimate of drug-likeness (QED) is 0.369. The molecule has 5 rings (SSSR count). The maximum Gasteiger partial charge on any atom is 0.261 e. The van der Waals surface area contributed by atoms with E-state index < -0.39 is 0 Å². The summed E-state index contributed by atoms with van der Waals surface area (Å²) in [5.41, 5.74) is 1.44. The van der Waals surface area contributed by atoms with Crippen molar-refractivity contribution in [1.29, 1.82) is 0 Å². The van der Waals surface area contributed by atoms with E-state index in [4.69, 9.17) is 4.74 Å². The highest BCUT2D eigenvalue weighted by Crippen LogP contribution is 2.46. The molecular weight excluding hydrogens is 500 g/mol. The Labute approximate surface area is 242 Å². The summed E-state index contributed by atoms with van der Waals surface area (Å²) in [7, 11) is 0. The molecular formula is C34H54N2O2S. The van der Waals surface area contributed by atoms with E-state index >= 15 is 0 Å². The molecule has 1 spiro atoms. The predicted molar refractivity (Wildman–Crippen MR) is 164 cm³/mol. The number of carbonyl (C=O) groups excluding carboxylic acids is 1. The summed E-state index contributed by atoms with van der Waals surface area (Å²) < 4.78 is 6.10. The van der Waals surface area contributed by atoms with E-state index in [1.165, 1.54) is 120 Å². The molecule has 3 atom stereocenters. The molecule has 2 aliphatic carbocycles. The molecule has 4 nitrogen and oxygen atoms in total. The van der Waals surface area contributed by atoms with Crippen molar-refractivity contribution in [3.63, 3.8) is 0 Å². The topological polar surface area (TPSA) is 41.6 Å². The van der Waals surface area contributed by atoms with E-state index in [1.54, 1.807) is 0 Å². The maximum absolute atomic E-state index is 14.1. The molecule has 1 aromatic rings. The number of benzene rings is 1. The van der Waals surface area contributed by atoms with Crippen LogP contribution in [-0.4, -0.2) is 47.7 Å². The van der Waals surface area contributed by atoms with Gasteiger partial charge in [0, 0.05) is 17.2 Å². The van der Waals surface area contributed by atoms with Crippen LogP contribution in [0.2, 0.25) is 0 Å². The molecule has 2 saturated carbocycles. The van der Waals surface area contributed by atoms with Crippen molar-refractivity contribution >= 4 is 17.7 Å². The van der Waals surface area contributed by atoms with Crippen molar-refractivity contribution in [2.75, 3.05) is 25.4 Å². The first-order chi connectivity index (χ1) is 19.1. The van der Waals surface area contributed by atoms with Crippen molar-refractivity contribution in [2.24, 2.45) is 17.3 Å². The van der Waals surface area contributed by atoms with Gasteiger partial charge in [-0.3, -0.25) is 10.1 Å². The zero-order valence-electron chi connectivity index (χ0n) is 24.6. The predicted octanol–water partition coefficient (Wildman–Crippen LogP) is 8.12. The van der Waals surface area contributed by atoms with Crippen LogP contribution in [0.5, 0.6) is 5.75 Å². The lowest BCUT2D eigenvalue weighted by molar-refractivity contribution is -0.142. The summed E-state index contributed by atoms with van der Waals surface area (Å²) in [4.78, 5) is 16.4. The minimum absolute atomic E-state index is 0.140. The molecule has 2 saturated heterocycles. The lowest BCUT2D eigenvalue weighted by atomic mass is 9.68. The van der Waals surface area contributed by atoms with E-state index in [-0.39, 0.29) is 24.1 Å². The van der Waals surface area contributed by atoms with Crippen LogP contribution >= 0.6 is 11.8 Å². The Hall–Kier alpha value is -1.20. The van der Waals surface area contributed by atoms with E-state index in [1.807, 2.05) is 12.1 Å². The van der Waals surface area contributed by atoms with Gasteiger partial charge in [0.1, 0.15) is 5.75 Å². The Balaban J connectivity index is 1.30. The summed E-state index contributed by atoms with van der Waals surface area (Å²) >= 11 is 2.16. The largest absolute Gasteiger partial charge is 0.484 e. The Morgan fingerprint density at radius 2 is 1.54 bits per heavy atom. The molecule has 218 valence electrons. The van der Waals surface area contributed by atoms with Crippen LogP contribution in [0.4, 0.5) is 0 Å². The average Bonchev–Trinajstić information content (AvgIpc) is 3.38. The van der Waals surface area contributed by atoms with Crippen LogP contribution in [0.15, 0.2) is 24.3 Å². The van der Waals surface area contributed by atoms with Crippen LogP contribution < -0.4 is 10.1 Å². The number of thioether (sulfide) groups is 1. The lowest BCUT2D eigenvalue weighted by Crippen LogP contribution is -2.62. The number of carbonyl (C=O) groups is 1. The lowest BCUT2D eigenvalue weighted by Gasteiger charge is -2.51. The summed E-state index contributed by atoms with van der Waals surface area (Å²) in [5.74, 6) is 4.01. The first kappa shape index (κ1) is 29.3. The second kappa shape index (κ2) is 14.6. The minimum atomic E-state index is 0.140. The molecule has 5 heteroatoms. The second-order valence-corrected chi connectivity index (χ2v) is 14.6. The van der Waals surface area contributed by atoms with Crippen LogP contribution in [0.3, 0.4) is 0 Å². The number of piperidine rings is 1. The molecule has 4 aliphatic rings. The maximum atomic E-state index is 14.1. The van der Waals surface area contributed by atoms with Gasteiger partial charge in [-0.1, -0.05) is 94.7 Å². The van der Waals surface area contributed by atoms with Gasteiger partial charge in [-0.25, -0.2) is 0 Å². The SMILES string of the molecule is Cc1ccc(OCC(=O)N(CC2CC(C3CCCCCCC3)CS2)C2NCCCC23CCCCCCC3)cc1. The first-order valence-electron chi connectivity index (χ1n) is 16.5. The molecule has 0 radical (unpaired) electrons. The molecule has 39 heavy (non-hydrogen) atoms. The van der Waals surface area contributed by atoms with E-state index in [0.29, 0.717) is 5.25 Å². The number of nitrogens with one attached hydrogen (secondary N) is 1. The second-order valence-electron chi connectivity index (χ2n) is 13.3. The summed E-state index contributed by atoms with van der Waals surface area (Å²) in [6.45, 7) is 4.13. The molecule has 0 bridgehead atoms. The van der Waals surface area contributed by atoms with Gasteiger partial charge in [0.05, 0.1) is 6.17 Å². The smallest absolute Gasteiger partial charge is 0.261 e. The van der Waals surface area contributed by atoms with Crippen LogP contribution in [-0.2, 0) is 4.79 Å². The van der Waals surface area contributed by atoms with Crippen LogP contribution in [0.25, 0.3) is 0 Å². The van der Waals surface area contributed by atoms with Gasteiger partial charge < -0.3 is 9.64 Å².